The van der Waals surface area contributed by atoms with Gasteiger partial charge >= 0.3 is 0 Å². The molecule has 0 amide bonds. The molecule has 8 rings (SSSR count). The van der Waals surface area contributed by atoms with Gasteiger partial charge in [-0.15, -0.1) is 5.10 Å². The average Bonchev–Trinajstić information content (AvgIpc) is 3.87. The van der Waals surface area contributed by atoms with Gasteiger partial charge in [0.1, 0.15) is 11.9 Å². The van der Waals surface area contributed by atoms with Crippen LogP contribution in [-0.4, -0.2) is 39.4 Å². The van der Waals surface area contributed by atoms with Crippen LogP contribution in [0.2, 0.25) is 0 Å². The lowest BCUT2D eigenvalue weighted by atomic mass is 9.77. The van der Waals surface area contributed by atoms with E-state index in [1.165, 1.54) is 10.8 Å². The normalized spacial score (nSPS) is 11.6. The van der Waals surface area contributed by atoms with Crippen LogP contribution in [0.1, 0.15) is 34.9 Å². The van der Waals surface area contributed by atoms with Gasteiger partial charge in [0.15, 0.2) is 5.82 Å². The number of benzene rings is 5. The zero-order chi connectivity index (χ0) is 33.2. The van der Waals surface area contributed by atoms with Crippen molar-refractivity contribution in [2.45, 2.75) is 25.4 Å². The zero-order valence-electron chi connectivity index (χ0n) is 26.8. The van der Waals surface area contributed by atoms with Crippen LogP contribution in [0.15, 0.2) is 157 Å². The van der Waals surface area contributed by atoms with E-state index >= 15 is 0 Å². The summed E-state index contributed by atoms with van der Waals surface area (Å²) in [6.07, 6.45) is 2.12. The standard InChI is InChI=1S/C40H32N8O/c1-2-34-26-37(49)47-39(41-28-42-47)46(34)27-29-22-24-30(25-23-29)35-20-12-13-21-36(35)38-43-44-45-48(38)40(31-14-6-3-7-15-31,32-16-8-4-9-17-32)33-18-10-5-11-19-33/h3-26,28H,2,27H2,1H3. The molecule has 9 heteroatoms. The van der Waals surface area contributed by atoms with Crippen molar-refractivity contribution in [3.63, 3.8) is 0 Å². The van der Waals surface area contributed by atoms with Crippen molar-refractivity contribution < 1.29 is 0 Å². The first-order chi connectivity index (χ1) is 24.2. The van der Waals surface area contributed by atoms with E-state index in [2.05, 4.69) is 124 Å². The highest BCUT2D eigenvalue weighted by Gasteiger charge is 2.42. The molecule has 0 spiro atoms. The molecule has 0 atom stereocenters. The molecular weight excluding hydrogens is 608 g/mol. The molecule has 49 heavy (non-hydrogen) atoms. The van der Waals surface area contributed by atoms with Gasteiger partial charge in [0.25, 0.3) is 5.56 Å². The monoisotopic (exact) mass is 640 g/mol. The van der Waals surface area contributed by atoms with Gasteiger partial charge in [-0.05, 0) is 50.2 Å². The summed E-state index contributed by atoms with van der Waals surface area (Å²) in [5.74, 6) is 1.18. The molecule has 3 heterocycles. The van der Waals surface area contributed by atoms with Crippen molar-refractivity contribution in [3.05, 3.63) is 190 Å². The molecule has 0 bridgehead atoms. The summed E-state index contributed by atoms with van der Waals surface area (Å²) in [6, 6.07) is 49.6. The van der Waals surface area contributed by atoms with E-state index < -0.39 is 5.54 Å². The van der Waals surface area contributed by atoms with Crippen LogP contribution in [0.5, 0.6) is 0 Å². The van der Waals surface area contributed by atoms with E-state index in [0.717, 1.165) is 44.6 Å². The highest BCUT2D eigenvalue weighted by molar-refractivity contribution is 5.81. The molecule has 0 N–H and O–H groups in total. The lowest BCUT2D eigenvalue weighted by molar-refractivity contribution is 0.451. The molecule has 0 aliphatic rings. The molecule has 0 aliphatic heterocycles. The molecular formula is C40H32N8O. The SMILES string of the molecule is CCc1cc(=O)n2ncnc2n1Cc1ccc(-c2ccccc2-c2nnnn2C(c2ccccc2)(c2ccccc2)c2ccccc2)cc1. The van der Waals surface area contributed by atoms with E-state index in [4.69, 9.17) is 10.3 Å². The maximum atomic E-state index is 12.5. The minimum Gasteiger partial charge on any atom is -0.310 e. The van der Waals surface area contributed by atoms with Crippen molar-refractivity contribution in [2.75, 3.05) is 0 Å². The van der Waals surface area contributed by atoms with Crippen molar-refractivity contribution >= 4 is 5.78 Å². The minimum atomic E-state index is -0.861. The van der Waals surface area contributed by atoms with Crippen LogP contribution >= 0.6 is 0 Å². The van der Waals surface area contributed by atoms with Gasteiger partial charge in [-0.3, -0.25) is 4.79 Å². The van der Waals surface area contributed by atoms with E-state index in [1.54, 1.807) is 6.07 Å². The number of hydrogen-bond donors (Lipinski definition) is 0. The summed E-state index contributed by atoms with van der Waals surface area (Å²) in [6.45, 7) is 2.59. The third kappa shape index (κ3) is 5.12. The molecule has 0 radical (unpaired) electrons. The summed E-state index contributed by atoms with van der Waals surface area (Å²) < 4.78 is 5.35. The van der Waals surface area contributed by atoms with Gasteiger partial charge in [-0.2, -0.15) is 14.6 Å². The summed E-state index contributed by atoms with van der Waals surface area (Å²) in [5.41, 5.74) is 7.01. The van der Waals surface area contributed by atoms with E-state index in [0.29, 0.717) is 24.6 Å². The summed E-state index contributed by atoms with van der Waals surface area (Å²) in [5, 5.41) is 17.9. The number of tetrazole rings is 1. The Kier molecular flexibility index (Phi) is 7.69. The van der Waals surface area contributed by atoms with Gasteiger partial charge < -0.3 is 4.57 Å². The highest BCUT2D eigenvalue weighted by Crippen LogP contribution is 2.43. The van der Waals surface area contributed by atoms with E-state index in [-0.39, 0.29) is 5.56 Å². The maximum absolute atomic E-state index is 12.5. The Labute approximate surface area is 282 Å². The Hall–Kier alpha value is -6.48. The van der Waals surface area contributed by atoms with Gasteiger partial charge in [-0.25, -0.2) is 4.68 Å². The molecule has 0 saturated carbocycles. The zero-order valence-corrected chi connectivity index (χ0v) is 26.8. The second-order valence-corrected chi connectivity index (χ2v) is 11.9. The number of aromatic nitrogens is 8. The second-order valence-electron chi connectivity index (χ2n) is 11.9. The Morgan fingerprint density at radius 3 is 1.84 bits per heavy atom. The predicted molar refractivity (Wildman–Crippen MR) is 189 cm³/mol. The first-order valence-electron chi connectivity index (χ1n) is 16.2. The Morgan fingerprint density at radius 2 is 1.24 bits per heavy atom. The molecule has 8 aromatic rings. The topological polar surface area (TPSA) is 95.8 Å². The Bertz CT molecular complexity index is 2320. The molecule has 238 valence electrons. The fraction of sp³-hybridized carbons (Fsp3) is 0.100. The molecule has 0 aliphatic carbocycles. The molecule has 9 nitrogen and oxygen atoms in total. The van der Waals surface area contributed by atoms with Crippen LogP contribution in [-0.2, 0) is 18.5 Å². The predicted octanol–water partition coefficient (Wildman–Crippen LogP) is 6.66. The number of rotatable bonds is 9. The fourth-order valence-electron chi connectivity index (χ4n) is 6.84. The minimum absolute atomic E-state index is 0.175. The molecule has 3 aromatic heterocycles. The van der Waals surface area contributed by atoms with Gasteiger partial charge in [-0.1, -0.05) is 146 Å². The molecule has 0 fully saturated rings. The lowest BCUT2D eigenvalue weighted by Gasteiger charge is -2.36. The van der Waals surface area contributed by atoms with Crippen LogP contribution in [0, 0.1) is 0 Å². The van der Waals surface area contributed by atoms with E-state index in [9.17, 15) is 4.79 Å². The van der Waals surface area contributed by atoms with Crippen molar-refractivity contribution in [1.82, 2.24) is 39.4 Å². The summed E-state index contributed by atoms with van der Waals surface area (Å²) in [7, 11) is 0. The number of fused-ring (bicyclic) bond motifs is 1. The van der Waals surface area contributed by atoms with Crippen molar-refractivity contribution in [3.8, 4) is 22.5 Å². The quantitative estimate of drug-likeness (QED) is 0.164. The smallest absolute Gasteiger partial charge is 0.275 e. The number of hydrogen-bond acceptors (Lipinski definition) is 6. The summed E-state index contributed by atoms with van der Waals surface area (Å²) >= 11 is 0. The van der Waals surface area contributed by atoms with Crippen molar-refractivity contribution in [1.29, 1.82) is 0 Å². The third-order valence-electron chi connectivity index (χ3n) is 9.11. The fourth-order valence-corrected chi connectivity index (χ4v) is 6.84. The Morgan fingerprint density at radius 1 is 0.673 bits per heavy atom. The first-order valence-corrected chi connectivity index (χ1v) is 16.2. The maximum Gasteiger partial charge on any atom is 0.275 e. The average molecular weight is 641 g/mol. The second kappa shape index (κ2) is 12.6. The van der Waals surface area contributed by atoms with Gasteiger partial charge in [0, 0.05) is 17.3 Å². The largest absolute Gasteiger partial charge is 0.310 e. The highest BCUT2D eigenvalue weighted by atomic mass is 16.1. The van der Waals surface area contributed by atoms with Crippen LogP contribution in [0.4, 0.5) is 0 Å². The summed E-state index contributed by atoms with van der Waals surface area (Å²) in [4.78, 5) is 16.9. The third-order valence-corrected chi connectivity index (χ3v) is 9.11. The van der Waals surface area contributed by atoms with Crippen LogP contribution in [0.25, 0.3) is 28.3 Å². The Balaban J connectivity index is 1.25. The van der Waals surface area contributed by atoms with Crippen molar-refractivity contribution in [2.24, 2.45) is 0 Å². The number of nitrogens with zero attached hydrogens (tertiary/aromatic N) is 8. The first kappa shape index (κ1) is 29.9. The molecule has 0 saturated heterocycles. The van der Waals surface area contributed by atoms with Gasteiger partial charge in [0.2, 0.25) is 5.78 Å². The molecule has 5 aromatic carbocycles. The van der Waals surface area contributed by atoms with Crippen LogP contribution in [0.3, 0.4) is 0 Å². The van der Waals surface area contributed by atoms with Crippen LogP contribution < -0.4 is 5.56 Å². The number of aryl methyl sites for hydroxylation is 1. The van der Waals surface area contributed by atoms with E-state index in [1.807, 2.05) is 46.5 Å². The lowest BCUT2D eigenvalue weighted by Crippen LogP contribution is -2.39. The van der Waals surface area contributed by atoms with Gasteiger partial charge in [0.05, 0.1) is 6.54 Å². The molecule has 0 unspecified atom stereocenters.